The summed E-state index contributed by atoms with van der Waals surface area (Å²) in [6.45, 7) is 0. The number of carboxylic acids is 1. The van der Waals surface area contributed by atoms with Crippen LogP contribution in [-0.2, 0) is 4.79 Å². The van der Waals surface area contributed by atoms with Gasteiger partial charge >= 0.3 is 5.97 Å². The van der Waals surface area contributed by atoms with Crippen LogP contribution in [0.15, 0.2) is 42.3 Å². The Morgan fingerprint density at radius 3 is 2.43 bits per heavy atom. The van der Waals surface area contributed by atoms with Gasteiger partial charge in [-0.25, -0.2) is 4.79 Å². The summed E-state index contributed by atoms with van der Waals surface area (Å²) in [5.74, 6) is -1.24. The maximum Gasteiger partial charge on any atom is 0.357 e. The number of para-hydroxylation sites is 1. The summed E-state index contributed by atoms with van der Waals surface area (Å²) in [7, 11) is 0. The maximum atomic E-state index is 10.4. The molecular weight excluding hydrogens is 184 g/mol. The van der Waals surface area contributed by atoms with Gasteiger partial charge in [0.25, 0.3) is 0 Å². The predicted molar refractivity (Wildman–Crippen MR) is 51.5 cm³/mol. The van der Waals surface area contributed by atoms with Crippen LogP contribution in [-0.4, -0.2) is 16.2 Å². The van der Waals surface area contributed by atoms with E-state index in [1.165, 1.54) is 0 Å². The highest BCUT2D eigenvalue weighted by Crippen LogP contribution is 2.03. The van der Waals surface area contributed by atoms with E-state index >= 15 is 0 Å². The fraction of sp³-hybridized carbons (Fsp3) is 0. The lowest BCUT2D eigenvalue weighted by Crippen LogP contribution is -2.25. The van der Waals surface area contributed by atoms with E-state index in [1.54, 1.807) is 24.3 Å². The van der Waals surface area contributed by atoms with Gasteiger partial charge in [0.2, 0.25) is 0 Å². The minimum absolute atomic E-state index is 0.325. The molecule has 0 heterocycles. The summed E-state index contributed by atoms with van der Waals surface area (Å²) >= 11 is 0. The molecule has 0 saturated heterocycles. The summed E-state index contributed by atoms with van der Waals surface area (Å²) < 4.78 is 0. The van der Waals surface area contributed by atoms with Crippen molar-refractivity contribution in [1.82, 2.24) is 5.43 Å². The van der Waals surface area contributed by atoms with E-state index in [-0.39, 0.29) is 5.70 Å². The molecule has 0 aliphatic carbocycles. The minimum Gasteiger partial charge on any atom is -0.513 e. The van der Waals surface area contributed by atoms with Crippen molar-refractivity contribution in [1.29, 1.82) is 0 Å². The Balaban J connectivity index is 2.53. The number of anilines is 1. The van der Waals surface area contributed by atoms with Gasteiger partial charge in [0.15, 0.2) is 5.70 Å². The van der Waals surface area contributed by atoms with Gasteiger partial charge in [-0.3, -0.25) is 5.43 Å². The third-order valence-electron chi connectivity index (χ3n) is 1.47. The van der Waals surface area contributed by atoms with Crippen LogP contribution in [0.25, 0.3) is 0 Å². The van der Waals surface area contributed by atoms with Crippen LogP contribution in [0.2, 0.25) is 0 Å². The van der Waals surface area contributed by atoms with Crippen LogP contribution in [0.4, 0.5) is 5.69 Å². The molecule has 0 aliphatic heterocycles. The SMILES string of the molecule is O=C(O)C(=CO)NNc1ccccc1. The molecule has 0 unspecified atom stereocenters. The first-order valence-corrected chi connectivity index (χ1v) is 3.89. The third-order valence-corrected chi connectivity index (χ3v) is 1.47. The number of benzene rings is 1. The highest BCUT2D eigenvalue weighted by Gasteiger charge is 2.05. The molecule has 14 heavy (non-hydrogen) atoms. The van der Waals surface area contributed by atoms with Crippen molar-refractivity contribution < 1.29 is 15.0 Å². The van der Waals surface area contributed by atoms with Crippen molar-refractivity contribution in [3.05, 3.63) is 42.3 Å². The van der Waals surface area contributed by atoms with Gasteiger partial charge in [0.1, 0.15) is 6.26 Å². The number of carbonyl (C=O) groups is 1. The molecule has 74 valence electrons. The van der Waals surface area contributed by atoms with Crippen LogP contribution >= 0.6 is 0 Å². The lowest BCUT2D eigenvalue weighted by Gasteiger charge is -2.08. The molecule has 0 atom stereocenters. The zero-order chi connectivity index (χ0) is 10.4. The molecule has 0 spiro atoms. The summed E-state index contributed by atoms with van der Waals surface area (Å²) in [4.78, 5) is 10.4. The van der Waals surface area contributed by atoms with Crippen molar-refractivity contribution in [2.45, 2.75) is 0 Å². The maximum absolute atomic E-state index is 10.4. The lowest BCUT2D eigenvalue weighted by molar-refractivity contribution is -0.133. The third kappa shape index (κ3) is 2.71. The van der Waals surface area contributed by atoms with Crippen LogP contribution in [0, 0.1) is 0 Å². The lowest BCUT2D eigenvalue weighted by atomic mass is 10.3. The molecule has 4 N–H and O–H groups in total. The largest absolute Gasteiger partial charge is 0.513 e. The van der Waals surface area contributed by atoms with E-state index in [0.717, 1.165) is 0 Å². The molecule has 0 fully saturated rings. The average molecular weight is 194 g/mol. The number of nitrogens with one attached hydrogen (secondary N) is 2. The van der Waals surface area contributed by atoms with E-state index < -0.39 is 5.97 Å². The summed E-state index contributed by atoms with van der Waals surface area (Å²) in [6, 6.07) is 8.94. The van der Waals surface area contributed by atoms with E-state index in [0.29, 0.717) is 11.9 Å². The number of hydrogen-bond acceptors (Lipinski definition) is 4. The van der Waals surface area contributed by atoms with Gasteiger partial charge in [-0.15, -0.1) is 0 Å². The van der Waals surface area contributed by atoms with Gasteiger partial charge < -0.3 is 15.6 Å². The van der Waals surface area contributed by atoms with E-state index in [2.05, 4.69) is 10.9 Å². The van der Waals surface area contributed by atoms with Gasteiger partial charge in [0.05, 0.1) is 5.69 Å². The van der Waals surface area contributed by atoms with Crippen LogP contribution < -0.4 is 10.9 Å². The van der Waals surface area contributed by atoms with Crippen LogP contribution in [0.1, 0.15) is 0 Å². The number of aliphatic carboxylic acids is 1. The molecule has 0 saturated carbocycles. The second kappa shape index (κ2) is 4.76. The Labute approximate surface area is 80.7 Å². The predicted octanol–water partition coefficient (Wildman–Crippen LogP) is 1.09. The molecule has 0 aliphatic rings. The molecule has 5 heteroatoms. The number of aliphatic hydroxyl groups is 1. The van der Waals surface area contributed by atoms with Gasteiger partial charge in [-0.05, 0) is 12.1 Å². The minimum atomic E-state index is -1.24. The fourth-order valence-corrected chi connectivity index (χ4v) is 0.802. The van der Waals surface area contributed by atoms with Gasteiger partial charge in [-0.1, -0.05) is 18.2 Å². The highest BCUT2D eigenvalue weighted by molar-refractivity contribution is 5.85. The first-order valence-electron chi connectivity index (χ1n) is 3.89. The fourth-order valence-electron chi connectivity index (χ4n) is 0.802. The first-order chi connectivity index (χ1) is 6.74. The number of hydrogen-bond donors (Lipinski definition) is 4. The summed E-state index contributed by atoms with van der Waals surface area (Å²) in [5, 5.41) is 17.0. The zero-order valence-corrected chi connectivity index (χ0v) is 7.27. The Morgan fingerprint density at radius 1 is 1.29 bits per heavy atom. The van der Waals surface area contributed by atoms with Gasteiger partial charge in [-0.2, -0.15) is 0 Å². The van der Waals surface area contributed by atoms with E-state index in [4.69, 9.17) is 10.2 Å². The second-order valence-corrected chi connectivity index (χ2v) is 2.46. The standard InChI is InChI=1S/C9H10N2O3/c12-6-8(9(13)14)11-10-7-4-2-1-3-5-7/h1-6,10-12H,(H,13,14). The van der Waals surface area contributed by atoms with Crippen molar-refractivity contribution in [3.63, 3.8) is 0 Å². The molecule has 5 nitrogen and oxygen atoms in total. The van der Waals surface area contributed by atoms with E-state index in [9.17, 15) is 4.79 Å². The quantitative estimate of drug-likeness (QED) is 0.327. The molecule has 0 radical (unpaired) electrons. The summed E-state index contributed by atoms with van der Waals surface area (Å²) in [6.07, 6.45) is 0.484. The molecule has 0 bridgehead atoms. The zero-order valence-electron chi connectivity index (χ0n) is 7.27. The number of aliphatic hydroxyl groups excluding tert-OH is 1. The molecule has 1 aromatic rings. The first kappa shape index (κ1) is 9.91. The normalized spacial score (nSPS) is 10.7. The van der Waals surface area contributed by atoms with Crippen LogP contribution in [0.3, 0.4) is 0 Å². The van der Waals surface area contributed by atoms with Crippen molar-refractivity contribution in [2.24, 2.45) is 0 Å². The topological polar surface area (TPSA) is 81.6 Å². The Hall–Kier alpha value is -2.17. The van der Waals surface area contributed by atoms with E-state index in [1.807, 2.05) is 6.07 Å². The Bertz CT molecular complexity index is 335. The van der Waals surface area contributed by atoms with Crippen molar-refractivity contribution in [3.8, 4) is 0 Å². The number of hydrazine groups is 1. The molecular formula is C9H10N2O3. The van der Waals surface area contributed by atoms with Crippen molar-refractivity contribution >= 4 is 11.7 Å². The smallest absolute Gasteiger partial charge is 0.357 e. The van der Waals surface area contributed by atoms with Crippen LogP contribution in [0.5, 0.6) is 0 Å². The highest BCUT2D eigenvalue weighted by atomic mass is 16.4. The van der Waals surface area contributed by atoms with Gasteiger partial charge in [0, 0.05) is 0 Å². The number of rotatable bonds is 4. The Morgan fingerprint density at radius 2 is 1.93 bits per heavy atom. The average Bonchev–Trinajstić information content (AvgIpc) is 2.20. The van der Waals surface area contributed by atoms with Crippen molar-refractivity contribution in [2.75, 3.05) is 5.43 Å². The summed E-state index contributed by atoms with van der Waals surface area (Å²) in [5.41, 5.74) is 5.34. The number of carboxylic acid groups (broad SMARTS) is 1. The molecule has 1 aromatic carbocycles. The molecule has 1 rings (SSSR count). The second-order valence-electron chi connectivity index (χ2n) is 2.46. The molecule has 0 amide bonds. The monoisotopic (exact) mass is 194 g/mol. The Kier molecular flexibility index (Phi) is 3.37. The molecule has 0 aromatic heterocycles.